The van der Waals surface area contributed by atoms with Crippen LogP contribution < -0.4 is 4.90 Å². The van der Waals surface area contributed by atoms with E-state index >= 15 is 0 Å². The van der Waals surface area contributed by atoms with Crippen LogP contribution in [0.5, 0.6) is 0 Å². The molecular formula is C16H18N2O3. The van der Waals surface area contributed by atoms with E-state index < -0.39 is 0 Å². The Balaban J connectivity index is 2.07. The predicted octanol–water partition coefficient (Wildman–Crippen LogP) is 2.30. The van der Waals surface area contributed by atoms with Crippen molar-refractivity contribution in [2.24, 2.45) is 0 Å². The first kappa shape index (κ1) is 13.7. The number of H-pyrrole nitrogens is 1. The van der Waals surface area contributed by atoms with Gasteiger partial charge in [0.25, 0.3) is 0 Å². The molecule has 0 radical (unpaired) electrons. The topological polar surface area (TPSA) is 54.6 Å². The molecule has 0 spiro atoms. The van der Waals surface area contributed by atoms with Gasteiger partial charge in [-0.1, -0.05) is 30.3 Å². The summed E-state index contributed by atoms with van der Waals surface area (Å²) >= 11 is 0. The smallest absolute Gasteiger partial charge is 0.356 e. The number of nitrogens with one attached hydrogen (secondary N) is 1. The van der Waals surface area contributed by atoms with Crippen molar-refractivity contribution in [2.75, 3.05) is 38.3 Å². The van der Waals surface area contributed by atoms with Gasteiger partial charge in [0.05, 0.1) is 26.0 Å². The third-order valence-corrected chi connectivity index (χ3v) is 3.65. The molecule has 1 aromatic heterocycles. The van der Waals surface area contributed by atoms with Crippen LogP contribution in [0.3, 0.4) is 0 Å². The van der Waals surface area contributed by atoms with Crippen LogP contribution >= 0.6 is 0 Å². The molecule has 2 aromatic rings. The van der Waals surface area contributed by atoms with E-state index in [0.29, 0.717) is 18.9 Å². The predicted molar refractivity (Wildman–Crippen MR) is 80.6 cm³/mol. The second-order valence-corrected chi connectivity index (χ2v) is 4.88. The molecule has 110 valence electrons. The summed E-state index contributed by atoms with van der Waals surface area (Å²) < 4.78 is 10.3. The Hall–Kier alpha value is -2.27. The minimum atomic E-state index is -0.348. The van der Waals surface area contributed by atoms with Crippen molar-refractivity contribution >= 4 is 11.7 Å². The number of carbonyl (C=O) groups is 1. The number of aromatic amines is 1. The van der Waals surface area contributed by atoms with Crippen molar-refractivity contribution in [1.82, 2.24) is 4.98 Å². The number of carbonyl (C=O) groups excluding carboxylic acids is 1. The summed E-state index contributed by atoms with van der Waals surface area (Å²) in [5, 5.41) is 0. The van der Waals surface area contributed by atoms with E-state index in [1.807, 2.05) is 36.5 Å². The van der Waals surface area contributed by atoms with E-state index in [4.69, 9.17) is 9.47 Å². The Morgan fingerprint density at radius 3 is 2.62 bits per heavy atom. The first-order chi connectivity index (χ1) is 10.3. The zero-order valence-electron chi connectivity index (χ0n) is 12.0. The lowest BCUT2D eigenvalue weighted by atomic mass is 10.1. The van der Waals surface area contributed by atoms with Gasteiger partial charge in [-0.05, 0) is 5.56 Å². The van der Waals surface area contributed by atoms with E-state index in [0.717, 1.165) is 29.9 Å². The summed E-state index contributed by atoms with van der Waals surface area (Å²) in [7, 11) is 1.40. The number of anilines is 1. The van der Waals surface area contributed by atoms with Gasteiger partial charge in [0.15, 0.2) is 0 Å². The molecule has 5 nitrogen and oxygen atoms in total. The number of aromatic nitrogens is 1. The Kier molecular flexibility index (Phi) is 3.92. The Labute approximate surface area is 123 Å². The van der Waals surface area contributed by atoms with Crippen LogP contribution in [0.2, 0.25) is 0 Å². The van der Waals surface area contributed by atoms with E-state index in [-0.39, 0.29) is 5.97 Å². The van der Waals surface area contributed by atoms with E-state index in [1.54, 1.807) is 0 Å². The number of morpholine rings is 1. The number of ether oxygens (including phenoxy) is 2. The molecule has 0 aliphatic carbocycles. The van der Waals surface area contributed by atoms with E-state index in [1.165, 1.54) is 7.11 Å². The highest BCUT2D eigenvalue weighted by Gasteiger charge is 2.25. The van der Waals surface area contributed by atoms with Crippen LogP contribution in [0.25, 0.3) is 11.1 Å². The molecule has 0 unspecified atom stereocenters. The second-order valence-electron chi connectivity index (χ2n) is 4.88. The van der Waals surface area contributed by atoms with Gasteiger partial charge in [0.2, 0.25) is 0 Å². The molecule has 2 heterocycles. The Bertz CT molecular complexity index is 616. The van der Waals surface area contributed by atoms with Gasteiger partial charge in [-0.25, -0.2) is 4.79 Å². The highest BCUT2D eigenvalue weighted by atomic mass is 16.5. The molecule has 0 bridgehead atoms. The van der Waals surface area contributed by atoms with Gasteiger partial charge in [-0.3, -0.25) is 0 Å². The maximum Gasteiger partial charge on any atom is 0.356 e. The standard InChI is InChI=1S/C16H18N2O3/c1-20-16(19)14-15(18-7-9-21-10-8-18)13(11-17-14)12-5-3-2-4-6-12/h2-6,11,17H,7-10H2,1H3. The van der Waals surface area contributed by atoms with Crippen molar-refractivity contribution < 1.29 is 14.3 Å². The minimum Gasteiger partial charge on any atom is -0.464 e. The molecule has 1 fully saturated rings. The van der Waals surface area contributed by atoms with Crippen LogP contribution in [0.4, 0.5) is 5.69 Å². The SMILES string of the molecule is COC(=O)c1[nH]cc(-c2ccccc2)c1N1CCOCC1. The Morgan fingerprint density at radius 2 is 1.95 bits per heavy atom. The molecule has 1 aliphatic rings. The molecule has 1 aliphatic heterocycles. The summed E-state index contributed by atoms with van der Waals surface area (Å²) in [6.07, 6.45) is 1.87. The van der Waals surface area contributed by atoms with E-state index in [9.17, 15) is 4.79 Å². The lowest BCUT2D eigenvalue weighted by Crippen LogP contribution is -2.37. The van der Waals surface area contributed by atoms with Gasteiger partial charge in [-0.2, -0.15) is 0 Å². The van der Waals surface area contributed by atoms with Gasteiger partial charge >= 0.3 is 5.97 Å². The quantitative estimate of drug-likeness (QED) is 0.880. The van der Waals surface area contributed by atoms with Crippen LogP contribution in [0, 0.1) is 0 Å². The maximum atomic E-state index is 12.0. The summed E-state index contributed by atoms with van der Waals surface area (Å²) in [5.41, 5.74) is 3.48. The number of nitrogens with zero attached hydrogens (tertiary/aromatic N) is 1. The van der Waals surface area contributed by atoms with Crippen LogP contribution in [-0.2, 0) is 9.47 Å². The molecule has 1 aromatic carbocycles. The normalized spacial score (nSPS) is 15.0. The summed E-state index contributed by atoms with van der Waals surface area (Å²) in [5.74, 6) is -0.348. The lowest BCUT2D eigenvalue weighted by molar-refractivity contribution is 0.0594. The first-order valence-electron chi connectivity index (χ1n) is 6.99. The largest absolute Gasteiger partial charge is 0.464 e. The fraction of sp³-hybridized carbons (Fsp3) is 0.312. The number of hydrogen-bond donors (Lipinski definition) is 1. The number of hydrogen-bond acceptors (Lipinski definition) is 4. The third kappa shape index (κ3) is 2.64. The molecule has 21 heavy (non-hydrogen) atoms. The van der Waals surface area contributed by atoms with E-state index in [2.05, 4.69) is 9.88 Å². The fourth-order valence-corrected chi connectivity index (χ4v) is 2.63. The van der Waals surface area contributed by atoms with Gasteiger partial charge in [-0.15, -0.1) is 0 Å². The van der Waals surface area contributed by atoms with Crippen LogP contribution in [-0.4, -0.2) is 44.4 Å². The fourth-order valence-electron chi connectivity index (χ4n) is 2.63. The molecule has 0 saturated carbocycles. The molecule has 1 N–H and O–H groups in total. The van der Waals surface area contributed by atoms with Crippen molar-refractivity contribution in [3.63, 3.8) is 0 Å². The average Bonchev–Trinajstić information content (AvgIpc) is 3.00. The van der Waals surface area contributed by atoms with Gasteiger partial charge < -0.3 is 19.4 Å². The molecule has 5 heteroatoms. The lowest BCUT2D eigenvalue weighted by Gasteiger charge is -2.29. The molecule has 1 saturated heterocycles. The maximum absolute atomic E-state index is 12.0. The zero-order valence-corrected chi connectivity index (χ0v) is 12.0. The number of benzene rings is 1. The zero-order chi connectivity index (χ0) is 14.7. The van der Waals surface area contributed by atoms with Gasteiger partial charge in [0.1, 0.15) is 5.69 Å². The van der Waals surface area contributed by atoms with Crippen molar-refractivity contribution in [3.05, 3.63) is 42.2 Å². The highest BCUT2D eigenvalue weighted by Crippen LogP contribution is 2.34. The van der Waals surface area contributed by atoms with Crippen molar-refractivity contribution in [2.45, 2.75) is 0 Å². The van der Waals surface area contributed by atoms with Gasteiger partial charge in [0, 0.05) is 24.8 Å². The number of esters is 1. The summed E-state index contributed by atoms with van der Waals surface area (Å²) in [6, 6.07) is 10.0. The number of methoxy groups -OCH3 is 1. The minimum absolute atomic E-state index is 0.348. The molecular weight excluding hydrogens is 268 g/mol. The molecule has 0 atom stereocenters. The molecule has 0 amide bonds. The van der Waals surface area contributed by atoms with Crippen LogP contribution in [0.15, 0.2) is 36.5 Å². The first-order valence-corrected chi connectivity index (χ1v) is 6.99. The summed E-state index contributed by atoms with van der Waals surface area (Å²) in [6.45, 7) is 2.86. The third-order valence-electron chi connectivity index (χ3n) is 3.65. The van der Waals surface area contributed by atoms with Crippen molar-refractivity contribution in [3.8, 4) is 11.1 Å². The van der Waals surface area contributed by atoms with Crippen LogP contribution in [0.1, 0.15) is 10.5 Å². The highest BCUT2D eigenvalue weighted by molar-refractivity contribution is 5.99. The second kappa shape index (κ2) is 6.01. The molecule has 3 rings (SSSR count). The van der Waals surface area contributed by atoms with Crippen molar-refractivity contribution in [1.29, 1.82) is 0 Å². The monoisotopic (exact) mass is 286 g/mol. The average molecular weight is 286 g/mol. The number of rotatable bonds is 3. The summed E-state index contributed by atoms with van der Waals surface area (Å²) in [4.78, 5) is 17.2. The Morgan fingerprint density at radius 1 is 1.24 bits per heavy atom.